The first-order valence-electron chi connectivity index (χ1n) is 8.23. The summed E-state index contributed by atoms with van der Waals surface area (Å²) in [6.07, 6.45) is 2.42. The van der Waals surface area contributed by atoms with Crippen LogP contribution in [0.15, 0.2) is 28.2 Å². The molecule has 3 rings (SSSR count). The Morgan fingerprint density at radius 2 is 2.21 bits per heavy atom. The van der Waals surface area contributed by atoms with E-state index in [0.29, 0.717) is 13.0 Å². The Bertz CT molecular complexity index is 646. The van der Waals surface area contributed by atoms with Crippen molar-refractivity contribution in [2.75, 3.05) is 26.2 Å². The third kappa shape index (κ3) is 4.66. The smallest absolute Gasteiger partial charge is 0.226 e. The van der Waals surface area contributed by atoms with Crippen molar-refractivity contribution >= 4 is 17.2 Å². The van der Waals surface area contributed by atoms with Gasteiger partial charge in [-0.25, -0.2) is 4.98 Å². The first kappa shape index (κ1) is 17.1. The molecule has 0 bridgehead atoms. The largest absolute Gasteiger partial charge is 0.462 e. The summed E-state index contributed by atoms with van der Waals surface area (Å²) in [7, 11) is 0. The SMILES string of the molecule is C[C@@H]1CN(CCNC(=O)Cc2csc(-c3ccco3)n2)C[C@H](C)O1. The fourth-order valence-electron chi connectivity index (χ4n) is 2.95. The van der Waals surface area contributed by atoms with Gasteiger partial charge in [0.1, 0.15) is 0 Å². The van der Waals surface area contributed by atoms with Crippen molar-refractivity contribution in [3.05, 3.63) is 29.5 Å². The number of rotatable bonds is 6. The van der Waals surface area contributed by atoms with Gasteiger partial charge in [-0.15, -0.1) is 11.3 Å². The predicted octanol–water partition coefficient (Wildman–Crippen LogP) is 2.17. The molecule has 1 amide bonds. The Hall–Kier alpha value is -1.70. The van der Waals surface area contributed by atoms with Crippen LogP contribution in [0.2, 0.25) is 0 Å². The molecule has 24 heavy (non-hydrogen) atoms. The van der Waals surface area contributed by atoms with E-state index in [2.05, 4.69) is 29.0 Å². The summed E-state index contributed by atoms with van der Waals surface area (Å²) in [5.41, 5.74) is 0.775. The van der Waals surface area contributed by atoms with Gasteiger partial charge in [0, 0.05) is 31.6 Å². The number of nitrogens with one attached hydrogen (secondary N) is 1. The molecule has 3 heterocycles. The first-order chi connectivity index (χ1) is 11.6. The molecule has 6 nitrogen and oxygen atoms in total. The van der Waals surface area contributed by atoms with Gasteiger partial charge in [-0.1, -0.05) is 0 Å². The van der Waals surface area contributed by atoms with Crippen LogP contribution in [-0.2, 0) is 16.0 Å². The van der Waals surface area contributed by atoms with Crippen LogP contribution in [0.5, 0.6) is 0 Å². The lowest BCUT2D eigenvalue weighted by Gasteiger charge is -2.35. The summed E-state index contributed by atoms with van der Waals surface area (Å²) in [4.78, 5) is 18.8. The van der Waals surface area contributed by atoms with Crippen LogP contribution in [0.3, 0.4) is 0 Å². The number of carbonyl (C=O) groups is 1. The van der Waals surface area contributed by atoms with Gasteiger partial charge in [0.15, 0.2) is 10.8 Å². The maximum Gasteiger partial charge on any atom is 0.226 e. The van der Waals surface area contributed by atoms with Gasteiger partial charge in [-0.05, 0) is 26.0 Å². The number of carbonyl (C=O) groups excluding carboxylic acids is 1. The Labute approximate surface area is 145 Å². The number of morpholine rings is 1. The summed E-state index contributed by atoms with van der Waals surface area (Å²) in [6.45, 7) is 7.49. The third-order valence-corrected chi connectivity index (χ3v) is 4.78. The minimum Gasteiger partial charge on any atom is -0.462 e. The van der Waals surface area contributed by atoms with Crippen LogP contribution in [0.4, 0.5) is 0 Å². The van der Waals surface area contributed by atoms with Crippen molar-refractivity contribution in [1.82, 2.24) is 15.2 Å². The molecule has 2 atom stereocenters. The first-order valence-corrected chi connectivity index (χ1v) is 9.11. The van der Waals surface area contributed by atoms with E-state index in [1.807, 2.05) is 17.5 Å². The second-order valence-corrected chi connectivity index (χ2v) is 7.02. The minimum atomic E-state index is 0.000603. The zero-order valence-electron chi connectivity index (χ0n) is 14.0. The number of nitrogens with zero attached hydrogens (tertiary/aromatic N) is 2. The fourth-order valence-corrected chi connectivity index (χ4v) is 3.73. The topological polar surface area (TPSA) is 67.6 Å². The number of hydrogen-bond donors (Lipinski definition) is 1. The fraction of sp³-hybridized carbons (Fsp3) is 0.529. The van der Waals surface area contributed by atoms with Crippen molar-refractivity contribution in [2.24, 2.45) is 0 Å². The van der Waals surface area contributed by atoms with Gasteiger partial charge in [0.25, 0.3) is 0 Å². The van der Waals surface area contributed by atoms with Crippen molar-refractivity contribution < 1.29 is 13.9 Å². The normalized spacial score (nSPS) is 21.8. The quantitative estimate of drug-likeness (QED) is 0.866. The molecule has 130 valence electrons. The predicted molar refractivity (Wildman–Crippen MR) is 93.0 cm³/mol. The van der Waals surface area contributed by atoms with Gasteiger partial charge < -0.3 is 14.5 Å². The van der Waals surface area contributed by atoms with Crippen LogP contribution in [-0.4, -0.2) is 54.2 Å². The molecule has 1 aliphatic heterocycles. The van der Waals surface area contributed by atoms with Crippen LogP contribution in [0.1, 0.15) is 19.5 Å². The third-order valence-electron chi connectivity index (χ3n) is 3.87. The maximum absolute atomic E-state index is 12.1. The number of hydrogen-bond acceptors (Lipinski definition) is 6. The molecule has 0 spiro atoms. The van der Waals surface area contributed by atoms with Crippen molar-refractivity contribution in [1.29, 1.82) is 0 Å². The molecular weight excluding hydrogens is 326 g/mol. The van der Waals surface area contributed by atoms with Crippen LogP contribution in [0.25, 0.3) is 10.8 Å². The highest BCUT2D eigenvalue weighted by molar-refractivity contribution is 7.13. The van der Waals surface area contributed by atoms with Crippen molar-refractivity contribution in [3.8, 4) is 10.8 Å². The summed E-state index contributed by atoms with van der Waals surface area (Å²) in [5.74, 6) is 0.739. The molecule has 2 aromatic rings. The number of thiazole rings is 1. The van der Waals surface area contributed by atoms with Gasteiger partial charge in [0.05, 0.1) is 30.6 Å². The molecule has 0 radical (unpaired) electrons. The molecule has 0 aliphatic carbocycles. The standard InChI is InChI=1S/C17H23N3O3S/c1-12-9-20(10-13(2)23-12)6-5-18-16(21)8-14-11-24-17(19-14)15-4-3-7-22-15/h3-4,7,11-13H,5-6,8-10H2,1-2H3,(H,18,21)/t12-,13+. The Morgan fingerprint density at radius 1 is 1.42 bits per heavy atom. The van der Waals surface area contributed by atoms with Gasteiger partial charge >= 0.3 is 0 Å². The summed E-state index contributed by atoms with van der Waals surface area (Å²) in [6, 6.07) is 3.70. The second kappa shape index (κ2) is 7.92. The van der Waals surface area contributed by atoms with E-state index >= 15 is 0 Å². The van der Waals surface area contributed by atoms with Gasteiger partial charge in [-0.2, -0.15) is 0 Å². The number of aromatic nitrogens is 1. The Kier molecular flexibility index (Phi) is 5.65. The molecule has 0 saturated carbocycles. The van der Waals surface area contributed by atoms with E-state index in [1.54, 1.807) is 6.26 Å². The van der Waals surface area contributed by atoms with Crippen molar-refractivity contribution in [3.63, 3.8) is 0 Å². The van der Waals surface area contributed by atoms with E-state index in [-0.39, 0.29) is 18.1 Å². The Morgan fingerprint density at radius 3 is 2.92 bits per heavy atom. The highest BCUT2D eigenvalue weighted by Gasteiger charge is 2.21. The van der Waals surface area contributed by atoms with Gasteiger partial charge in [-0.3, -0.25) is 9.69 Å². The molecule has 1 N–H and O–H groups in total. The molecule has 1 saturated heterocycles. The Balaban J connectivity index is 1.41. The van der Waals surface area contributed by atoms with Crippen LogP contribution >= 0.6 is 11.3 Å². The molecule has 0 unspecified atom stereocenters. The highest BCUT2D eigenvalue weighted by atomic mass is 32.1. The number of furan rings is 1. The summed E-state index contributed by atoms with van der Waals surface area (Å²) in [5, 5.41) is 5.68. The van der Waals surface area contributed by atoms with Crippen molar-refractivity contribution in [2.45, 2.75) is 32.5 Å². The zero-order valence-corrected chi connectivity index (χ0v) is 14.8. The highest BCUT2D eigenvalue weighted by Crippen LogP contribution is 2.24. The summed E-state index contributed by atoms with van der Waals surface area (Å²) >= 11 is 1.49. The monoisotopic (exact) mass is 349 g/mol. The minimum absolute atomic E-state index is 0.000603. The average molecular weight is 349 g/mol. The lowest BCUT2D eigenvalue weighted by Crippen LogP contribution is -2.48. The number of amides is 1. The number of ether oxygens (including phenoxy) is 1. The average Bonchev–Trinajstić information content (AvgIpc) is 3.16. The van der Waals surface area contributed by atoms with E-state index in [9.17, 15) is 4.79 Å². The molecule has 2 aromatic heterocycles. The lowest BCUT2D eigenvalue weighted by atomic mass is 10.2. The van der Waals surface area contributed by atoms with E-state index < -0.39 is 0 Å². The summed E-state index contributed by atoms with van der Waals surface area (Å²) < 4.78 is 11.0. The van der Waals surface area contributed by atoms with E-state index in [4.69, 9.17) is 9.15 Å². The van der Waals surface area contributed by atoms with Crippen LogP contribution < -0.4 is 5.32 Å². The van der Waals surface area contributed by atoms with E-state index in [0.717, 1.165) is 36.1 Å². The van der Waals surface area contributed by atoms with Gasteiger partial charge in [0.2, 0.25) is 5.91 Å². The van der Waals surface area contributed by atoms with E-state index in [1.165, 1.54) is 11.3 Å². The molecule has 1 fully saturated rings. The maximum atomic E-state index is 12.1. The molecule has 1 aliphatic rings. The molecule has 7 heteroatoms. The molecular formula is C17H23N3O3S. The zero-order chi connectivity index (χ0) is 16.9. The lowest BCUT2D eigenvalue weighted by molar-refractivity contribution is -0.120. The molecule has 0 aromatic carbocycles. The second-order valence-electron chi connectivity index (χ2n) is 6.16. The van der Waals surface area contributed by atoms with Crippen LogP contribution in [0, 0.1) is 0 Å².